The van der Waals surface area contributed by atoms with Gasteiger partial charge in [-0.3, -0.25) is 4.79 Å². The number of carbonyl (C=O) groups excluding carboxylic acids is 1. The highest BCUT2D eigenvalue weighted by molar-refractivity contribution is 5.97. The van der Waals surface area contributed by atoms with Gasteiger partial charge in [-0.25, -0.2) is 0 Å². The monoisotopic (exact) mass is 327 g/mol. The summed E-state index contributed by atoms with van der Waals surface area (Å²) in [7, 11) is 2.82. The molecule has 0 saturated carbocycles. The summed E-state index contributed by atoms with van der Waals surface area (Å²) in [6.07, 6.45) is 0.131. The number of ether oxygens (including phenoxy) is 2. The third kappa shape index (κ3) is 4.35. The first-order valence-electron chi connectivity index (χ1n) is 7.56. The summed E-state index contributed by atoms with van der Waals surface area (Å²) in [5, 5.41) is 3.99. The Hall–Kier alpha value is -2.82. The number of esters is 1. The van der Waals surface area contributed by atoms with Crippen molar-refractivity contribution < 1.29 is 19.1 Å². The molecule has 0 N–H and O–H groups in total. The molecule has 0 amide bonds. The summed E-state index contributed by atoms with van der Waals surface area (Å²) in [5.74, 6) is 0.652. The quantitative estimate of drug-likeness (QED) is 0.365. The molecule has 5 nitrogen and oxygen atoms in total. The molecule has 0 aliphatic heterocycles. The third-order valence-corrected chi connectivity index (χ3v) is 3.52. The highest BCUT2D eigenvalue weighted by Gasteiger charge is 2.16. The predicted octanol–water partition coefficient (Wildman–Crippen LogP) is 3.41. The molecule has 0 saturated heterocycles. The number of nitrogens with zero attached hydrogens (tertiary/aromatic N) is 1. The molecule has 0 aliphatic rings. The van der Waals surface area contributed by atoms with Gasteiger partial charge in [-0.15, -0.1) is 0 Å². The Morgan fingerprint density at radius 2 is 1.83 bits per heavy atom. The second-order valence-corrected chi connectivity index (χ2v) is 5.36. The van der Waals surface area contributed by atoms with Crippen LogP contribution in [0.15, 0.2) is 47.6 Å². The molecule has 126 valence electrons. The minimum atomic E-state index is -0.328. The summed E-state index contributed by atoms with van der Waals surface area (Å²) in [5.41, 5.74) is 3.58. The third-order valence-electron chi connectivity index (χ3n) is 3.52. The highest BCUT2D eigenvalue weighted by Crippen LogP contribution is 2.22. The van der Waals surface area contributed by atoms with Crippen LogP contribution in [0.4, 0.5) is 0 Å². The lowest BCUT2D eigenvalue weighted by atomic mass is 10.0. The van der Waals surface area contributed by atoms with Gasteiger partial charge < -0.3 is 14.3 Å². The molecule has 0 fully saturated rings. The van der Waals surface area contributed by atoms with Crippen molar-refractivity contribution in [3.8, 4) is 5.75 Å². The van der Waals surface area contributed by atoms with Gasteiger partial charge in [0.1, 0.15) is 12.9 Å². The first-order chi connectivity index (χ1) is 11.5. The zero-order valence-corrected chi connectivity index (χ0v) is 14.3. The fraction of sp³-hybridized carbons (Fsp3) is 0.263. The molecule has 0 heterocycles. The number of hydrogen-bond acceptors (Lipinski definition) is 5. The zero-order valence-electron chi connectivity index (χ0n) is 14.3. The van der Waals surface area contributed by atoms with E-state index in [2.05, 4.69) is 5.16 Å². The Labute approximate surface area is 141 Å². The van der Waals surface area contributed by atoms with Gasteiger partial charge >= 0.3 is 5.97 Å². The summed E-state index contributed by atoms with van der Waals surface area (Å²) >= 11 is 0. The number of methoxy groups -OCH3 is 1. The summed E-state index contributed by atoms with van der Waals surface area (Å²) in [6, 6.07) is 13.3. The SMILES string of the molecule is CO/N=C(/Oc1ccc(C)cc1C)c1ccccc1CC(=O)OC. The van der Waals surface area contributed by atoms with E-state index >= 15 is 0 Å². The van der Waals surface area contributed by atoms with Gasteiger partial charge in [-0.2, -0.15) is 0 Å². The fourth-order valence-electron chi connectivity index (χ4n) is 2.33. The molecule has 2 aromatic carbocycles. The Bertz CT molecular complexity index is 753. The maximum absolute atomic E-state index is 11.6. The van der Waals surface area contributed by atoms with Gasteiger partial charge in [0.25, 0.3) is 5.90 Å². The van der Waals surface area contributed by atoms with Crippen molar-refractivity contribution in [3.63, 3.8) is 0 Å². The van der Waals surface area contributed by atoms with Crippen LogP contribution in [0.25, 0.3) is 0 Å². The standard InChI is InChI=1S/C19H21NO4/c1-13-9-10-17(14(2)11-13)24-19(20-23-4)16-8-6-5-7-15(16)12-18(21)22-3/h5-11H,12H2,1-4H3/b20-19+. The van der Waals surface area contributed by atoms with Crippen molar-refractivity contribution in [1.29, 1.82) is 0 Å². The molecular weight excluding hydrogens is 306 g/mol. The summed E-state index contributed by atoms with van der Waals surface area (Å²) in [4.78, 5) is 16.6. The lowest BCUT2D eigenvalue weighted by Gasteiger charge is -2.14. The van der Waals surface area contributed by atoms with Gasteiger partial charge in [-0.1, -0.05) is 35.9 Å². The summed E-state index contributed by atoms with van der Waals surface area (Å²) < 4.78 is 10.7. The van der Waals surface area contributed by atoms with Crippen LogP contribution < -0.4 is 4.74 Å². The van der Waals surface area contributed by atoms with Gasteiger partial charge in [0, 0.05) is 5.56 Å². The van der Waals surface area contributed by atoms with Crippen LogP contribution in [-0.4, -0.2) is 26.1 Å². The molecule has 24 heavy (non-hydrogen) atoms. The highest BCUT2D eigenvalue weighted by atomic mass is 16.6. The van der Waals surface area contributed by atoms with Gasteiger partial charge in [-0.05, 0) is 42.3 Å². The van der Waals surface area contributed by atoms with Crippen molar-refractivity contribution in [2.45, 2.75) is 20.3 Å². The molecule has 0 aromatic heterocycles. The van der Waals surface area contributed by atoms with E-state index in [4.69, 9.17) is 14.3 Å². The van der Waals surface area contributed by atoms with Gasteiger partial charge in [0.15, 0.2) is 0 Å². The van der Waals surface area contributed by atoms with Crippen molar-refractivity contribution >= 4 is 11.9 Å². The maximum Gasteiger partial charge on any atom is 0.310 e. The van der Waals surface area contributed by atoms with Crippen LogP contribution in [-0.2, 0) is 20.8 Å². The zero-order chi connectivity index (χ0) is 17.5. The molecule has 0 radical (unpaired) electrons. The van der Waals surface area contributed by atoms with Crippen LogP contribution in [0.3, 0.4) is 0 Å². The Morgan fingerprint density at radius 3 is 2.50 bits per heavy atom. The van der Waals surface area contributed by atoms with Crippen molar-refractivity contribution in [3.05, 3.63) is 64.7 Å². The Balaban J connectivity index is 2.38. The second kappa shape index (κ2) is 8.15. The largest absolute Gasteiger partial charge is 0.469 e. The lowest BCUT2D eigenvalue weighted by molar-refractivity contribution is -0.139. The molecular formula is C19H21NO4. The number of carbonyl (C=O) groups is 1. The Kier molecular flexibility index (Phi) is 5.95. The van der Waals surface area contributed by atoms with Crippen LogP contribution in [0, 0.1) is 13.8 Å². The minimum Gasteiger partial charge on any atom is -0.469 e. The molecule has 0 unspecified atom stereocenters. The first kappa shape index (κ1) is 17.5. The number of benzene rings is 2. The average Bonchev–Trinajstić information content (AvgIpc) is 2.57. The van der Waals surface area contributed by atoms with Crippen LogP contribution in [0.1, 0.15) is 22.3 Å². The van der Waals surface area contributed by atoms with E-state index in [0.29, 0.717) is 17.2 Å². The normalized spacial score (nSPS) is 11.1. The average molecular weight is 327 g/mol. The van der Waals surface area contributed by atoms with E-state index < -0.39 is 0 Å². The van der Waals surface area contributed by atoms with E-state index in [1.54, 1.807) is 0 Å². The number of aryl methyl sites for hydroxylation is 2. The van der Waals surface area contributed by atoms with Crippen molar-refractivity contribution in [1.82, 2.24) is 0 Å². The van der Waals surface area contributed by atoms with E-state index in [0.717, 1.165) is 16.7 Å². The van der Waals surface area contributed by atoms with Crippen molar-refractivity contribution in [2.24, 2.45) is 5.16 Å². The van der Waals surface area contributed by atoms with Gasteiger partial charge in [0.2, 0.25) is 0 Å². The molecule has 0 aliphatic carbocycles. The molecule has 0 spiro atoms. The van der Waals surface area contributed by atoms with Crippen LogP contribution in [0.5, 0.6) is 5.75 Å². The first-order valence-corrected chi connectivity index (χ1v) is 7.56. The van der Waals surface area contributed by atoms with Crippen LogP contribution in [0.2, 0.25) is 0 Å². The molecule has 5 heteroatoms. The second-order valence-electron chi connectivity index (χ2n) is 5.36. The fourth-order valence-corrected chi connectivity index (χ4v) is 2.33. The lowest BCUT2D eigenvalue weighted by Crippen LogP contribution is -2.16. The predicted molar refractivity (Wildman–Crippen MR) is 92.3 cm³/mol. The van der Waals surface area contributed by atoms with E-state index in [1.807, 2.05) is 56.3 Å². The number of hydrogen-bond donors (Lipinski definition) is 0. The van der Waals surface area contributed by atoms with E-state index in [-0.39, 0.29) is 12.4 Å². The maximum atomic E-state index is 11.6. The molecule has 0 atom stereocenters. The van der Waals surface area contributed by atoms with Crippen LogP contribution >= 0.6 is 0 Å². The topological polar surface area (TPSA) is 57.1 Å². The molecule has 2 rings (SSSR count). The number of rotatable bonds is 5. The van der Waals surface area contributed by atoms with Crippen molar-refractivity contribution in [2.75, 3.05) is 14.2 Å². The molecule has 2 aromatic rings. The van der Waals surface area contributed by atoms with E-state index in [9.17, 15) is 4.79 Å². The summed E-state index contributed by atoms with van der Waals surface area (Å²) in [6.45, 7) is 3.99. The smallest absolute Gasteiger partial charge is 0.310 e. The van der Waals surface area contributed by atoms with E-state index in [1.165, 1.54) is 14.2 Å². The van der Waals surface area contributed by atoms with Gasteiger partial charge in [0.05, 0.1) is 13.5 Å². The minimum absolute atomic E-state index is 0.131. The Morgan fingerprint density at radius 1 is 1.08 bits per heavy atom. The molecule has 0 bridgehead atoms. The number of oxime groups is 1.